The lowest BCUT2D eigenvalue weighted by Gasteiger charge is -2.38. The second-order valence-corrected chi connectivity index (χ2v) is 8.52. The molecule has 8 heteroatoms. The van der Waals surface area contributed by atoms with Crippen LogP contribution in [0.5, 0.6) is 0 Å². The van der Waals surface area contributed by atoms with Crippen LogP contribution in [-0.2, 0) is 17.6 Å². The first-order valence-electron chi connectivity index (χ1n) is 11.3. The number of aromatic nitrogens is 4. The molecule has 0 unspecified atom stereocenters. The Morgan fingerprint density at radius 3 is 2.63 bits per heavy atom. The number of morpholine rings is 1. The summed E-state index contributed by atoms with van der Waals surface area (Å²) in [5.74, 6) is 2.86. The van der Waals surface area contributed by atoms with Crippen molar-refractivity contribution in [1.82, 2.24) is 20.2 Å². The molecule has 2 fully saturated rings. The summed E-state index contributed by atoms with van der Waals surface area (Å²) in [7, 11) is 2.16. The summed E-state index contributed by atoms with van der Waals surface area (Å²) in [4.78, 5) is 16.3. The summed E-state index contributed by atoms with van der Waals surface area (Å²) in [6.45, 7) is 5.20. The van der Waals surface area contributed by atoms with Crippen molar-refractivity contribution in [2.75, 3.05) is 61.1 Å². The minimum Gasteiger partial charge on any atom is -0.378 e. The Morgan fingerprint density at radius 2 is 1.80 bits per heavy atom. The van der Waals surface area contributed by atoms with Gasteiger partial charge in [-0.1, -0.05) is 0 Å². The van der Waals surface area contributed by atoms with E-state index in [-0.39, 0.29) is 0 Å². The Labute approximate surface area is 178 Å². The van der Waals surface area contributed by atoms with E-state index >= 15 is 0 Å². The summed E-state index contributed by atoms with van der Waals surface area (Å²) in [6, 6.07) is 4.77. The summed E-state index contributed by atoms with van der Waals surface area (Å²) in [5.41, 5.74) is 2.61. The van der Waals surface area contributed by atoms with E-state index in [4.69, 9.17) is 9.72 Å². The summed E-state index contributed by atoms with van der Waals surface area (Å²) < 4.78 is 5.45. The first kappa shape index (κ1) is 19.5. The van der Waals surface area contributed by atoms with Crippen molar-refractivity contribution in [2.24, 2.45) is 0 Å². The smallest absolute Gasteiger partial charge is 0.227 e. The molecule has 1 aliphatic carbocycles. The van der Waals surface area contributed by atoms with Crippen LogP contribution in [0.25, 0.3) is 0 Å². The molecule has 5 rings (SSSR count). The zero-order valence-electron chi connectivity index (χ0n) is 17.8. The Bertz CT molecular complexity index is 862. The molecule has 0 N–H and O–H groups in total. The van der Waals surface area contributed by atoms with Crippen LogP contribution in [0.1, 0.15) is 36.9 Å². The number of aryl methyl sites for hydroxylation is 2. The van der Waals surface area contributed by atoms with Gasteiger partial charge in [-0.15, -0.1) is 5.10 Å². The minimum absolute atomic E-state index is 0.472. The monoisotopic (exact) mass is 409 g/mol. The summed E-state index contributed by atoms with van der Waals surface area (Å²) in [6.07, 6.45) is 8.81. The van der Waals surface area contributed by atoms with E-state index < -0.39 is 0 Å². The maximum atomic E-state index is 5.45. The van der Waals surface area contributed by atoms with Gasteiger partial charge in [-0.2, -0.15) is 10.1 Å². The highest BCUT2D eigenvalue weighted by Gasteiger charge is 2.26. The lowest BCUT2D eigenvalue weighted by atomic mass is 9.96. The molecule has 0 spiro atoms. The molecule has 4 heterocycles. The number of ether oxygens (including phenoxy) is 1. The topological polar surface area (TPSA) is 70.5 Å². The van der Waals surface area contributed by atoms with Gasteiger partial charge in [-0.3, -0.25) is 0 Å². The number of rotatable bonds is 4. The zero-order valence-corrected chi connectivity index (χ0v) is 17.8. The lowest BCUT2D eigenvalue weighted by molar-refractivity contribution is 0.122. The molecular formula is C22H31N7O. The Morgan fingerprint density at radius 1 is 1.00 bits per heavy atom. The third-order valence-corrected chi connectivity index (χ3v) is 6.68. The molecule has 2 aromatic heterocycles. The molecule has 8 nitrogen and oxygen atoms in total. The van der Waals surface area contributed by atoms with Crippen molar-refractivity contribution >= 4 is 17.6 Å². The first-order valence-corrected chi connectivity index (χ1v) is 11.3. The van der Waals surface area contributed by atoms with Gasteiger partial charge in [0, 0.05) is 45.5 Å². The average Bonchev–Trinajstić information content (AvgIpc) is 2.84. The molecule has 2 aromatic rings. The standard InChI is InChI=1S/C22H31N7O/c1-27(20-6-9-23-22(24-20)29-12-14-30-15-13-29)18-7-10-28(11-8-18)21-16-17-4-2-3-5-19(17)25-26-21/h6,9,16,18H,2-5,7-8,10-15H2,1H3. The third kappa shape index (κ3) is 4.05. The second-order valence-electron chi connectivity index (χ2n) is 8.52. The minimum atomic E-state index is 0.472. The summed E-state index contributed by atoms with van der Waals surface area (Å²) >= 11 is 0. The van der Waals surface area contributed by atoms with E-state index in [1.54, 1.807) is 0 Å². The molecule has 0 atom stereocenters. The van der Waals surface area contributed by atoms with E-state index in [0.717, 1.165) is 82.7 Å². The van der Waals surface area contributed by atoms with Crippen LogP contribution in [0.3, 0.4) is 0 Å². The molecule has 30 heavy (non-hydrogen) atoms. The molecule has 3 aliphatic rings. The maximum Gasteiger partial charge on any atom is 0.227 e. The van der Waals surface area contributed by atoms with Gasteiger partial charge in [-0.25, -0.2) is 4.98 Å². The van der Waals surface area contributed by atoms with Gasteiger partial charge in [0.05, 0.1) is 18.9 Å². The van der Waals surface area contributed by atoms with Gasteiger partial charge >= 0.3 is 0 Å². The predicted octanol–water partition coefficient (Wildman–Crippen LogP) is 2.09. The predicted molar refractivity (Wildman–Crippen MR) is 117 cm³/mol. The SMILES string of the molecule is CN(c1ccnc(N2CCOCC2)n1)C1CCN(c2cc3c(nn2)CCCC3)CC1. The van der Waals surface area contributed by atoms with Crippen LogP contribution in [0, 0.1) is 0 Å². The number of hydrogen-bond donors (Lipinski definition) is 0. The Balaban J connectivity index is 1.22. The number of hydrogen-bond acceptors (Lipinski definition) is 8. The molecule has 0 amide bonds. The third-order valence-electron chi connectivity index (χ3n) is 6.68. The van der Waals surface area contributed by atoms with Crippen molar-refractivity contribution in [3.05, 3.63) is 29.6 Å². The highest BCUT2D eigenvalue weighted by molar-refractivity contribution is 5.46. The lowest BCUT2D eigenvalue weighted by Crippen LogP contribution is -2.44. The van der Waals surface area contributed by atoms with Crippen molar-refractivity contribution in [1.29, 1.82) is 0 Å². The Kier molecular flexibility index (Phi) is 5.66. The van der Waals surface area contributed by atoms with Gasteiger partial charge in [0.2, 0.25) is 5.95 Å². The molecule has 0 saturated carbocycles. The van der Waals surface area contributed by atoms with Crippen LogP contribution in [-0.4, -0.2) is 72.6 Å². The van der Waals surface area contributed by atoms with Gasteiger partial charge in [0.25, 0.3) is 0 Å². The van der Waals surface area contributed by atoms with E-state index in [9.17, 15) is 0 Å². The van der Waals surface area contributed by atoms with Crippen LogP contribution in [0.2, 0.25) is 0 Å². The van der Waals surface area contributed by atoms with Gasteiger partial charge < -0.3 is 19.4 Å². The van der Waals surface area contributed by atoms with Crippen molar-refractivity contribution in [3.8, 4) is 0 Å². The molecular weight excluding hydrogens is 378 g/mol. The zero-order chi connectivity index (χ0) is 20.3. The fourth-order valence-electron chi connectivity index (χ4n) is 4.75. The number of fused-ring (bicyclic) bond motifs is 1. The Hall–Kier alpha value is -2.48. The molecule has 160 valence electrons. The fourth-order valence-corrected chi connectivity index (χ4v) is 4.75. The fraction of sp³-hybridized carbons (Fsp3) is 0.636. The highest BCUT2D eigenvalue weighted by atomic mass is 16.5. The summed E-state index contributed by atoms with van der Waals surface area (Å²) in [5, 5.41) is 9.05. The van der Waals surface area contributed by atoms with Gasteiger partial charge in [0.1, 0.15) is 5.82 Å². The first-order chi connectivity index (χ1) is 14.8. The molecule has 0 aromatic carbocycles. The van der Waals surface area contributed by atoms with Crippen LogP contribution >= 0.6 is 0 Å². The number of nitrogens with zero attached hydrogens (tertiary/aromatic N) is 7. The normalized spacial score (nSPS) is 20.2. The molecule has 2 aliphatic heterocycles. The largest absolute Gasteiger partial charge is 0.378 e. The van der Waals surface area contributed by atoms with E-state index in [2.05, 4.69) is 43.0 Å². The number of anilines is 3. The molecule has 0 radical (unpaired) electrons. The van der Waals surface area contributed by atoms with Crippen LogP contribution in [0.4, 0.5) is 17.6 Å². The van der Waals surface area contributed by atoms with E-state index in [1.165, 1.54) is 24.1 Å². The van der Waals surface area contributed by atoms with Crippen molar-refractivity contribution in [2.45, 2.75) is 44.6 Å². The molecule has 2 saturated heterocycles. The van der Waals surface area contributed by atoms with E-state index in [0.29, 0.717) is 6.04 Å². The number of piperidine rings is 1. The highest BCUT2D eigenvalue weighted by Crippen LogP contribution is 2.27. The van der Waals surface area contributed by atoms with Crippen LogP contribution in [0.15, 0.2) is 18.3 Å². The molecule has 0 bridgehead atoms. The second kappa shape index (κ2) is 8.71. The van der Waals surface area contributed by atoms with Crippen molar-refractivity contribution in [3.63, 3.8) is 0 Å². The van der Waals surface area contributed by atoms with Crippen molar-refractivity contribution < 1.29 is 4.74 Å². The average molecular weight is 410 g/mol. The maximum absolute atomic E-state index is 5.45. The van der Waals surface area contributed by atoms with Gasteiger partial charge in [-0.05, 0) is 56.2 Å². The quantitative estimate of drug-likeness (QED) is 0.760. The van der Waals surface area contributed by atoms with Gasteiger partial charge in [0.15, 0.2) is 5.82 Å². The van der Waals surface area contributed by atoms with Crippen LogP contribution < -0.4 is 14.7 Å². The van der Waals surface area contributed by atoms with E-state index in [1.807, 2.05) is 12.3 Å².